The summed E-state index contributed by atoms with van der Waals surface area (Å²) in [6.45, 7) is 1.53. The number of nitro groups is 1. The van der Waals surface area contributed by atoms with Crippen LogP contribution < -0.4 is 15.5 Å². The van der Waals surface area contributed by atoms with Gasteiger partial charge in [-0.1, -0.05) is 24.3 Å². The van der Waals surface area contributed by atoms with Gasteiger partial charge in [0.2, 0.25) is 17.4 Å². The molecule has 0 aromatic heterocycles. The Morgan fingerprint density at radius 3 is 2.64 bits per heavy atom. The molecule has 1 spiro atoms. The Morgan fingerprint density at radius 1 is 1.15 bits per heavy atom. The number of quaternary nitrogens is 1. The third-order valence-corrected chi connectivity index (χ3v) is 7.79. The molecule has 0 aliphatic carbocycles. The SMILES string of the molecule is CSCC[C@@H]1[NH2+][C@@]2(C(=O)Nc3ccccc32)[C@@H]2C(=O)N(c3cccc([N+](=O)[O-])c3C)C(=O)[C@@H]12. The van der Waals surface area contributed by atoms with Gasteiger partial charge in [-0.15, -0.1) is 0 Å². The van der Waals surface area contributed by atoms with Crippen molar-refractivity contribution in [3.05, 3.63) is 63.7 Å². The Balaban J connectivity index is 1.66. The number of benzene rings is 2. The summed E-state index contributed by atoms with van der Waals surface area (Å²) in [5.41, 5.74) is 0.414. The van der Waals surface area contributed by atoms with Gasteiger partial charge in [-0.2, -0.15) is 11.8 Å². The lowest BCUT2D eigenvalue weighted by Crippen LogP contribution is -2.99. The minimum Gasteiger partial charge on any atom is -0.326 e. The molecule has 0 bridgehead atoms. The minimum absolute atomic E-state index is 0.158. The number of rotatable bonds is 5. The number of carbonyl (C=O) groups is 3. The zero-order chi connectivity index (χ0) is 23.5. The molecular weight excluding hydrogens is 444 g/mol. The lowest BCUT2D eigenvalue weighted by atomic mass is 9.76. The number of fused-ring (bicyclic) bond motifs is 4. The summed E-state index contributed by atoms with van der Waals surface area (Å²) in [7, 11) is 0. The standard InChI is InChI=1S/C23H22N4O5S/c1-12-16(8-5-9-17(12)27(31)32)26-20(28)18-15(10-11-33-2)25-23(19(18)21(26)29)13-6-3-4-7-14(13)24-22(23)30/h3-9,15,18-19,25H,10-11H2,1-2H3,(H,24,30)/p+1/t15-,18-,19-,23+/m0/s1. The van der Waals surface area contributed by atoms with Crippen molar-refractivity contribution in [2.24, 2.45) is 11.8 Å². The van der Waals surface area contributed by atoms with Crippen molar-refractivity contribution in [2.75, 3.05) is 22.2 Å². The fourth-order valence-electron chi connectivity index (χ4n) is 5.73. The Kier molecular flexibility index (Phi) is 5.02. The van der Waals surface area contributed by atoms with Crippen LogP contribution in [0, 0.1) is 28.9 Å². The van der Waals surface area contributed by atoms with E-state index in [1.54, 1.807) is 23.9 Å². The van der Waals surface area contributed by atoms with Crippen LogP contribution in [0.15, 0.2) is 42.5 Å². The molecular formula is C23H23N4O5S+. The Bertz CT molecular complexity index is 1220. The van der Waals surface area contributed by atoms with Crippen LogP contribution in [-0.4, -0.2) is 40.7 Å². The van der Waals surface area contributed by atoms with Gasteiger partial charge in [0.25, 0.3) is 11.6 Å². The normalized spacial score (nSPS) is 27.8. The molecule has 3 N–H and O–H groups in total. The maximum absolute atomic E-state index is 13.9. The molecule has 3 aliphatic heterocycles. The number of thioether (sulfide) groups is 1. The van der Waals surface area contributed by atoms with Gasteiger partial charge >= 0.3 is 0 Å². The second kappa shape index (κ2) is 7.67. The first kappa shape index (κ1) is 21.6. The highest BCUT2D eigenvalue weighted by molar-refractivity contribution is 7.98. The smallest absolute Gasteiger partial charge is 0.291 e. The number of para-hydroxylation sites is 1. The van der Waals surface area contributed by atoms with Crippen molar-refractivity contribution in [2.45, 2.75) is 24.9 Å². The summed E-state index contributed by atoms with van der Waals surface area (Å²) >= 11 is 1.64. The van der Waals surface area contributed by atoms with Crippen LogP contribution in [0.2, 0.25) is 0 Å². The predicted octanol–water partition coefficient (Wildman–Crippen LogP) is 1.56. The highest BCUT2D eigenvalue weighted by atomic mass is 32.2. The molecule has 0 radical (unpaired) electrons. The van der Waals surface area contributed by atoms with E-state index >= 15 is 0 Å². The Morgan fingerprint density at radius 2 is 1.91 bits per heavy atom. The van der Waals surface area contributed by atoms with E-state index in [0.717, 1.165) is 10.7 Å². The molecule has 3 aliphatic rings. The van der Waals surface area contributed by atoms with Crippen LogP contribution in [0.25, 0.3) is 0 Å². The van der Waals surface area contributed by atoms with Crippen LogP contribution in [0.5, 0.6) is 0 Å². The number of nitrogens with zero attached hydrogens (tertiary/aromatic N) is 2. The monoisotopic (exact) mass is 467 g/mol. The number of imide groups is 1. The van der Waals surface area contributed by atoms with Gasteiger partial charge in [0.05, 0.1) is 21.9 Å². The molecule has 170 valence electrons. The number of carbonyl (C=O) groups excluding carboxylic acids is 3. The van der Waals surface area contributed by atoms with Gasteiger partial charge in [-0.05, 0) is 31.1 Å². The van der Waals surface area contributed by atoms with Gasteiger partial charge in [-0.25, -0.2) is 4.90 Å². The fraction of sp³-hybridized carbons (Fsp3) is 0.348. The van der Waals surface area contributed by atoms with E-state index in [0.29, 0.717) is 17.7 Å². The molecule has 2 aromatic carbocycles. The first-order valence-electron chi connectivity index (χ1n) is 10.7. The maximum atomic E-state index is 13.9. The summed E-state index contributed by atoms with van der Waals surface area (Å²) in [4.78, 5) is 53.1. The van der Waals surface area contributed by atoms with Crippen molar-refractivity contribution in [3.8, 4) is 0 Å². The van der Waals surface area contributed by atoms with Crippen LogP contribution >= 0.6 is 11.8 Å². The Hall–Kier alpha value is -3.24. The van der Waals surface area contributed by atoms with E-state index < -0.39 is 34.1 Å². The molecule has 2 fully saturated rings. The summed E-state index contributed by atoms with van der Waals surface area (Å²) in [5.74, 6) is -1.99. The highest BCUT2D eigenvalue weighted by Gasteiger charge is 2.74. The van der Waals surface area contributed by atoms with Crippen LogP contribution in [0.1, 0.15) is 17.5 Å². The van der Waals surface area contributed by atoms with Gasteiger partial charge in [0.15, 0.2) is 0 Å². The molecule has 3 heterocycles. The fourth-order valence-corrected chi connectivity index (χ4v) is 6.24. The molecule has 10 heteroatoms. The van der Waals surface area contributed by atoms with E-state index in [4.69, 9.17) is 0 Å². The molecule has 4 atom stereocenters. The van der Waals surface area contributed by atoms with Crippen LogP contribution in [-0.2, 0) is 19.9 Å². The zero-order valence-electron chi connectivity index (χ0n) is 18.1. The molecule has 33 heavy (non-hydrogen) atoms. The van der Waals surface area contributed by atoms with Gasteiger partial charge in [0.1, 0.15) is 17.9 Å². The molecule has 0 saturated carbocycles. The number of nitrogens with two attached hydrogens (primary N) is 1. The summed E-state index contributed by atoms with van der Waals surface area (Å²) in [6, 6.07) is 11.4. The van der Waals surface area contributed by atoms with E-state index in [1.165, 1.54) is 19.1 Å². The van der Waals surface area contributed by atoms with Crippen molar-refractivity contribution >= 4 is 46.5 Å². The number of anilines is 2. The van der Waals surface area contributed by atoms with Crippen LogP contribution in [0.3, 0.4) is 0 Å². The molecule has 9 nitrogen and oxygen atoms in total. The van der Waals surface area contributed by atoms with E-state index in [1.807, 2.05) is 29.8 Å². The molecule has 2 aromatic rings. The highest BCUT2D eigenvalue weighted by Crippen LogP contribution is 2.50. The van der Waals surface area contributed by atoms with Crippen molar-refractivity contribution in [1.29, 1.82) is 0 Å². The molecule has 5 rings (SSSR count). The van der Waals surface area contributed by atoms with Gasteiger partial charge in [-0.3, -0.25) is 24.5 Å². The summed E-state index contributed by atoms with van der Waals surface area (Å²) in [5, 5.41) is 16.3. The number of nitrogens with one attached hydrogen (secondary N) is 1. The zero-order valence-corrected chi connectivity index (χ0v) is 18.9. The maximum Gasteiger partial charge on any atom is 0.291 e. The topological polar surface area (TPSA) is 126 Å². The molecule has 0 unspecified atom stereocenters. The van der Waals surface area contributed by atoms with E-state index in [9.17, 15) is 24.5 Å². The van der Waals surface area contributed by atoms with Crippen molar-refractivity contribution < 1.29 is 24.6 Å². The number of nitro benzene ring substituents is 1. The third-order valence-electron chi connectivity index (χ3n) is 7.15. The van der Waals surface area contributed by atoms with Crippen molar-refractivity contribution in [1.82, 2.24) is 0 Å². The lowest BCUT2D eigenvalue weighted by Gasteiger charge is -2.26. The quantitative estimate of drug-likeness (QED) is 0.390. The predicted molar refractivity (Wildman–Crippen MR) is 123 cm³/mol. The number of amides is 3. The van der Waals surface area contributed by atoms with E-state index in [-0.39, 0.29) is 28.9 Å². The number of hydrogen-bond donors (Lipinski definition) is 2. The Labute approximate surface area is 194 Å². The average molecular weight is 468 g/mol. The number of hydrogen-bond acceptors (Lipinski definition) is 6. The van der Waals surface area contributed by atoms with Gasteiger partial charge in [0, 0.05) is 18.1 Å². The van der Waals surface area contributed by atoms with Crippen LogP contribution in [0.4, 0.5) is 17.1 Å². The summed E-state index contributed by atoms with van der Waals surface area (Å²) in [6.07, 6.45) is 2.63. The first-order chi connectivity index (χ1) is 15.8. The lowest BCUT2D eigenvalue weighted by molar-refractivity contribution is -0.733. The third kappa shape index (κ3) is 2.87. The first-order valence-corrected chi connectivity index (χ1v) is 12.1. The second-order valence-electron chi connectivity index (χ2n) is 8.67. The minimum atomic E-state index is -1.24. The van der Waals surface area contributed by atoms with Crippen molar-refractivity contribution in [3.63, 3.8) is 0 Å². The largest absolute Gasteiger partial charge is 0.326 e. The molecule has 3 amide bonds. The summed E-state index contributed by atoms with van der Waals surface area (Å²) < 4.78 is 0. The average Bonchev–Trinajstić information content (AvgIpc) is 3.37. The van der Waals surface area contributed by atoms with E-state index in [2.05, 4.69) is 5.32 Å². The molecule has 2 saturated heterocycles. The van der Waals surface area contributed by atoms with Gasteiger partial charge < -0.3 is 10.6 Å². The second-order valence-corrected chi connectivity index (χ2v) is 9.66.